The largest absolute Gasteiger partial charge is 0.357 e. The molecule has 0 radical (unpaired) electrons. The lowest BCUT2D eigenvalue weighted by Crippen LogP contribution is -2.43. The lowest BCUT2D eigenvalue weighted by molar-refractivity contribution is 0.645. The third-order valence-corrected chi connectivity index (χ3v) is 3.55. The van der Waals surface area contributed by atoms with Crippen molar-refractivity contribution in [3.63, 3.8) is 0 Å². The van der Waals surface area contributed by atoms with Gasteiger partial charge < -0.3 is 10.6 Å². The molecule has 1 unspecified atom stereocenters. The van der Waals surface area contributed by atoms with Gasteiger partial charge in [-0.15, -0.1) is 11.3 Å². The van der Waals surface area contributed by atoms with Gasteiger partial charge in [0.2, 0.25) is 0 Å². The van der Waals surface area contributed by atoms with E-state index in [0.29, 0.717) is 6.04 Å². The highest BCUT2D eigenvalue weighted by atomic mass is 32.1. The summed E-state index contributed by atoms with van der Waals surface area (Å²) in [4.78, 5) is 7.32. The highest BCUT2D eigenvalue weighted by Gasteiger charge is 2.07. The number of hydrogen-bond acceptors (Lipinski definition) is 2. The van der Waals surface area contributed by atoms with Crippen LogP contribution in [0.25, 0.3) is 0 Å². The zero-order chi connectivity index (χ0) is 13.4. The molecular weight excluding hydrogens is 242 g/mol. The summed E-state index contributed by atoms with van der Waals surface area (Å²) in [5, 5.41) is 6.74. The first-order valence-corrected chi connectivity index (χ1v) is 7.57. The van der Waals surface area contributed by atoms with Gasteiger partial charge in [0.1, 0.15) is 0 Å². The molecule has 3 nitrogen and oxygen atoms in total. The van der Waals surface area contributed by atoms with Crippen LogP contribution in [-0.2, 0) is 6.42 Å². The van der Waals surface area contributed by atoms with Crippen LogP contribution in [0.5, 0.6) is 0 Å². The summed E-state index contributed by atoms with van der Waals surface area (Å²) < 4.78 is 0. The second kappa shape index (κ2) is 8.14. The maximum atomic E-state index is 4.52. The molecule has 1 heterocycles. The van der Waals surface area contributed by atoms with E-state index >= 15 is 0 Å². The topological polar surface area (TPSA) is 36.4 Å². The zero-order valence-electron chi connectivity index (χ0n) is 11.9. The van der Waals surface area contributed by atoms with E-state index in [-0.39, 0.29) is 0 Å². The normalized spacial score (nSPS) is 13.4. The molecular formula is C14H25N3S. The third-order valence-electron chi connectivity index (χ3n) is 2.52. The summed E-state index contributed by atoms with van der Waals surface area (Å²) in [6, 6.07) is 4.80. The van der Waals surface area contributed by atoms with Gasteiger partial charge in [0.25, 0.3) is 0 Å². The zero-order valence-corrected chi connectivity index (χ0v) is 12.7. The first-order valence-electron chi connectivity index (χ1n) is 6.75. The van der Waals surface area contributed by atoms with Crippen molar-refractivity contribution in [1.82, 2.24) is 10.6 Å². The molecule has 0 aliphatic heterocycles. The van der Waals surface area contributed by atoms with Crippen LogP contribution in [0, 0.1) is 6.92 Å². The third kappa shape index (κ3) is 5.54. The average Bonchev–Trinajstić information content (AvgIpc) is 2.71. The molecule has 18 heavy (non-hydrogen) atoms. The number of rotatable bonds is 6. The lowest BCUT2D eigenvalue weighted by atomic mass is 10.2. The second-order valence-electron chi connectivity index (χ2n) is 4.52. The van der Waals surface area contributed by atoms with Gasteiger partial charge in [0.05, 0.1) is 0 Å². The fraction of sp³-hybridized carbons (Fsp3) is 0.643. The molecule has 0 amide bonds. The lowest BCUT2D eigenvalue weighted by Gasteiger charge is -2.17. The van der Waals surface area contributed by atoms with E-state index in [1.54, 1.807) is 0 Å². The van der Waals surface area contributed by atoms with Gasteiger partial charge in [-0.2, -0.15) is 0 Å². The molecule has 0 saturated heterocycles. The highest BCUT2D eigenvalue weighted by Crippen LogP contribution is 2.16. The Morgan fingerprint density at radius 3 is 2.72 bits per heavy atom. The molecule has 0 bridgehead atoms. The number of hydrogen-bond donors (Lipinski definition) is 2. The molecule has 0 aromatic carbocycles. The summed E-state index contributed by atoms with van der Waals surface area (Å²) in [7, 11) is 0. The van der Waals surface area contributed by atoms with E-state index in [2.05, 4.69) is 55.5 Å². The number of aryl methyl sites for hydroxylation is 1. The Bertz CT molecular complexity index is 371. The molecule has 1 aromatic heterocycles. The summed E-state index contributed by atoms with van der Waals surface area (Å²) in [5.74, 6) is 0.931. The Morgan fingerprint density at radius 1 is 1.39 bits per heavy atom. The van der Waals surface area contributed by atoms with Crippen LogP contribution in [-0.4, -0.2) is 25.1 Å². The molecule has 1 atom stereocenters. The first kappa shape index (κ1) is 15.0. The molecule has 1 rings (SSSR count). The van der Waals surface area contributed by atoms with E-state index in [1.165, 1.54) is 9.75 Å². The molecule has 2 N–H and O–H groups in total. The van der Waals surface area contributed by atoms with Crippen LogP contribution < -0.4 is 10.6 Å². The Balaban J connectivity index is 2.47. The summed E-state index contributed by atoms with van der Waals surface area (Å²) in [6.45, 7) is 10.4. The number of thiophene rings is 1. The Morgan fingerprint density at radius 2 is 2.17 bits per heavy atom. The molecule has 102 valence electrons. The van der Waals surface area contributed by atoms with E-state index in [9.17, 15) is 0 Å². The SMILES string of the molecule is CCCN=C(NCC)NC(C)Cc1ccc(C)s1. The van der Waals surface area contributed by atoms with Crippen molar-refractivity contribution in [3.8, 4) is 0 Å². The fourth-order valence-electron chi connectivity index (χ4n) is 1.72. The van der Waals surface area contributed by atoms with Gasteiger partial charge in [0.15, 0.2) is 5.96 Å². The highest BCUT2D eigenvalue weighted by molar-refractivity contribution is 7.11. The van der Waals surface area contributed by atoms with Gasteiger partial charge in [0, 0.05) is 35.3 Å². The van der Waals surface area contributed by atoms with Crippen molar-refractivity contribution >= 4 is 17.3 Å². The minimum absolute atomic E-state index is 0.401. The smallest absolute Gasteiger partial charge is 0.191 e. The minimum Gasteiger partial charge on any atom is -0.357 e. The molecule has 1 aromatic rings. The van der Waals surface area contributed by atoms with Crippen molar-refractivity contribution < 1.29 is 0 Å². The van der Waals surface area contributed by atoms with Crippen molar-refractivity contribution in [2.24, 2.45) is 4.99 Å². The van der Waals surface area contributed by atoms with Gasteiger partial charge in [-0.25, -0.2) is 0 Å². The van der Waals surface area contributed by atoms with E-state index in [4.69, 9.17) is 0 Å². The molecule has 0 aliphatic rings. The summed E-state index contributed by atoms with van der Waals surface area (Å²) in [6.07, 6.45) is 2.13. The maximum absolute atomic E-state index is 4.52. The van der Waals surface area contributed by atoms with E-state index in [0.717, 1.165) is 31.9 Å². The summed E-state index contributed by atoms with van der Waals surface area (Å²) >= 11 is 1.87. The average molecular weight is 267 g/mol. The molecule has 4 heteroatoms. The van der Waals surface area contributed by atoms with Crippen molar-refractivity contribution in [2.75, 3.05) is 13.1 Å². The van der Waals surface area contributed by atoms with Crippen LogP contribution in [0.3, 0.4) is 0 Å². The van der Waals surface area contributed by atoms with Gasteiger partial charge in [-0.1, -0.05) is 6.92 Å². The second-order valence-corrected chi connectivity index (χ2v) is 5.89. The quantitative estimate of drug-likeness (QED) is 0.614. The molecule has 0 spiro atoms. The molecule has 0 fully saturated rings. The maximum Gasteiger partial charge on any atom is 0.191 e. The standard InChI is InChI=1S/C14H25N3S/c1-5-9-16-14(15-6-2)17-11(3)10-13-8-7-12(4)18-13/h7-8,11H,5-6,9-10H2,1-4H3,(H2,15,16,17). The number of nitrogens with zero attached hydrogens (tertiary/aromatic N) is 1. The van der Waals surface area contributed by atoms with Crippen LogP contribution in [0.4, 0.5) is 0 Å². The van der Waals surface area contributed by atoms with Crippen molar-refractivity contribution in [3.05, 3.63) is 21.9 Å². The summed E-state index contributed by atoms with van der Waals surface area (Å²) in [5.41, 5.74) is 0. The van der Waals surface area contributed by atoms with Crippen molar-refractivity contribution in [1.29, 1.82) is 0 Å². The number of guanidine groups is 1. The van der Waals surface area contributed by atoms with Gasteiger partial charge in [-0.05, 0) is 39.3 Å². The predicted octanol–water partition coefficient (Wildman–Crippen LogP) is 2.95. The van der Waals surface area contributed by atoms with Crippen LogP contribution in [0.2, 0.25) is 0 Å². The van der Waals surface area contributed by atoms with Gasteiger partial charge >= 0.3 is 0 Å². The van der Waals surface area contributed by atoms with Crippen LogP contribution in [0.1, 0.15) is 36.9 Å². The first-order chi connectivity index (χ1) is 8.65. The van der Waals surface area contributed by atoms with E-state index in [1.807, 2.05) is 11.3 Å². The molecule has 0 aliphatic carbocycles. The number of aliphatic imine (C=N–C) groups is 1. The van der Waals surface area contributed by atoms with Gasteiger partial charge in [-0.3, -0.25) is 4.99 Å². The molecule has 0 saturated carbocycles. The predicted molar refractivity (Wildman–Crippen MR) is 81.6 cm³/mol. The number of nitrogens with one attached hydrogen (secondary N) is 2. The van der Waals surface area contributed by atoms with E-state index < -0.39 is 0 Å². The monoisotopic (exact) mass is 267 g/mol. The van der Waals surface area contributed by atoms with Crippen molar-refractivity contribution in [2.45, 2.75) is 46.6 Å². The minimum atomic E-state index is 0.401. The Labute approximate surface area is 115 Å². The Hall–Kier alpha value is -1.03. The van der Waals surface area contributed by atoms with Crippen LogP contribution in [0.15, 0.2) is 17.1 Å². The fourth-order valence-corrected chi connectivity index (χ4v) is 2.74. The van der Waals surface area contributed by atoms with Crippen LogP contribution >= 0.6 is 11.3 Å². The Kier molecular flexibility index (Phi) is 6.80.